The lowest BCUT2D eigenvalue weighted by Gasteiger charge is -2.14. The van der Waals surface area contributed by atoms with Crippen molar-refractivity contribution in [1.82, 2.24) is 0 Å². The van der Waals surface area contributed by atoms with Crippen LogP contribution in [0.2, 0.25) is 0 Å². The van der Waals surface area contributed by atoms with Crippen molar-refractivity contribution in [3.8, 4) is 0 Å². The van der Waals surface area contributed by atoms with Gasteiger partial charge in [-0.1, -0.05) is 6.08 Å². The predicted octanol–water partition coefficient (Wildman–Crippen LogP) is 0.694. The highest BCUT2D eigenvalue weighted by Crippen LogP contribution is 2.23. The molecule has 2 rings (SSSR count). The smallest absolute Gasteiger partial charge is 0.315 e. The zero-order chi connectivity index (χ0) is 8.55. The molecule has 0 aromatic heterocycles. The van der Waals surface area contributed by atoms with Crippen molar-refractivity contribution >= 4 is 11.9 Å². The van der Waals surface area contributed by atoms with Crippen LogP contribution in [0.3, 0.4) is 0 Å². The van der Waals surface area contributed by atoms with Gasteiger partial charge in [-0.3, -0.25) is 9.59 Å². The molecule has 0 aliphatic carbocycles. The Morgan fingerprint density at radius 3 is 3.08 bits per heavy atom. The summed E-state index contributed by atoms with van der Waals surface area (Å²) in [6.07, 6.45) is 2.87. The SMILES string of the molecule is O=C1CC=C2C(=O)N=NC=C2O1. The first-order chi connectivity index (χ1) is 5.77. The Bertz CT molecular complexity index is 352. The Balaban J connectivity index is 2.44. The fraction of sp³-hybridized carbons (Fsp3) is 0.143. The van der Waals surface area contributed by atoms with E-state index in [4.69, 9.17) is 4.74 Å². The molecule has 12 heavy (non-hydrogen) atoms. The summed E-state index contributed by atoms with van der Waals surface area (Å²) >= 11 is 0. The molecule has 0 aromatic carbocycles. The minimum atomic E-state index is -0.458. The number of rotatable bonds is 0. The van der Waals surface area contributed by atoms with Crippen LogP contribution in [0.1, 0.15) is 6.42 Å². The molecule has 2 aliphatic rings. The van der Waals surface area contributed by atoms with Crippen molar-refractivity contribution in [3.63, 3.8) is 0 Å². The molecule has 0 saturated carbocycles. The van der Waals surface area contributed by atoms with E-state index in [1.807, 2.05) is 0 Å². The van der Waals surface area contributed by atoms with E-state index < -0.39 is 5.91 Å². The molecule has 5 heteroatoms. The third-order valence-electron chi connectivity index (χ3n) is 1.52. The van der Waals surface area contributed by atoms with Gasteiger partial charge in [0.2, 0.25) is 0 Å². The van der Waals surface area contributed by atoms with Crippen LogP contribution in [-0.2, 0) is 14.3 Å². The maximum atomic E-state index is 11.0. The van der Waals surface area contributed by atoms with E-state index >= 15 is 0 Å². The second-order valence-corrected chi connectivity index (χ2v) is 2.31. The van der Waals surface area contributed by atoms with Gasteiger partial charge in [0.25, 0.3) is 5.91 Å². The van der Waals surface area contributed by atoms with Crippen LogP contribution in [0.4, 0.5) is 0 Å². The summed E-state index contributed by atoms with van der Waals surface area (Å²) in [5.41, 5.74) is 0.324. The van der Waals surface area contributed by atoms with Gasteiger partial charge in [0.05, 0.1) is 18.2 Å². The fourth-order valence-corrected chi connectivity index (χ4v) is 0.981. The fourth-order valence-electron chi connectivity index (χ4n) is 0.981. The van der Waals surface area contributed by atoms with Crippen LogP contribution >= 0.6 is 0 Å². The molecule has 0 saturated heterocycles. The number of carbonyl (C=O) groups is 2. The highest BCUT2D eigenvalue weighted by molar-refractivity contribution is 6.00. The van der Waals surface area contributed by atoms with E-state index in [1.165, 1.54) is 12.3 Å². The molecule has 0 unspecified atom stereocenters. The van der Waals surface area contributed by atoms with E-state index in [9.17, 15) is 9.59 Å². The number of hydrogen-bond donors (Lipinski definition) is 0. The molecule has 60 valence electrons. The molecule has 0 fully saturated rings. The Kier molecular flexibility index (Phi) is 1.36. The van der Waals surface area contributed by atoms with E-state index in [0.717, 1.165) is 0 Å². The number of fused-ring (bicyclic) bond motifs is 1. The summed E-state index contributed by atoms with van der Waals surface area (Å²) in [5.74, 6) is -0.638. The van der Waals surface area contributed by atoms with E-state index in [-0.39, 0.29) is 18.1 Å². The van der Waals surface area contributed by atoms with Crippen LogP contribution < -0.4 is 0 Å². The number of azo groups is 1. The standard InChI is InChI=1S/C7H4N2O3/c10-6-2-1-4-5(12-6)3-8-9-7(4)11/h1,3H,2H2. The van der Waals surface area contributed by atoms with Gasteiger partial charge >= 0.3 is 5.97 Å². The zero-order valence-electron chi connectivity index (χ0n) is 5.98. The molecule has 0 radical (unpaired) electrons. The number of esters is 1. The number of ether oxygens (including phenoxy) is 1. The zero-order valence-corrected chi connectivity index (χ0v) is 5.98. The summed E-state index contributed by atoms with van der Waals surface area (Å²) in [5, 5.41) is 6.66. The number of amides is 1. The first kappa shape index (κ1) is 6.90. The van der Waals surface area contributed by atoms with Crippen molar-refractivity contribution in [2.24, 2.45) is 10.2 Å². The second-order valence-electron chi connectivity index (χ2n) is 2.31. The average Bonchev–Trinajstić information content (AvgIpc) is 2.04. The van der Waals surface area contributed by atoms with Gasteiger partial charge < -0.3 is 4.74 Å². The second kappa shape index (κ2) is 2.37. The Labute approximate surface area is 67.4 Å². The molecular formula is C7H4N2O3. The molecule has 0 spiro atoms. The largest absolute Gasteiger partial charge is 0.424 e. The third kappa shape index (κ3) is 0.952. The van der Waals surface area contributed by atoms with Crippen LogP contribution in [-0.4, -0.2) is 11.9 Å². The minimum Gasteiger partial charge on any atom is -0.424 e. The minimum absolute atomic E-state index is 0.119. The monoisotopic (exact) mass is 164 g/mol. The van der Waals surface area contributed by atoms with Crippen LogP contribution in [0, 0.1) is 0 Å². The van der Waals surface area contributed by atoms with Gasteiger partial charge in [0.15, 0.2) is 5.76 Å². The summed E-state index contributed by atoms with van der Waals surface area (Å²) in [7, 11) is 0. The number of carbonyl (C=O) groups excluding carboxylic acids is 2. The molecule has 0 aromatic rings. The average molecular weight is 164 g/mol. The highest BCUT2D eigenvalue weighted by Gasteiger charge is 2.25. The van der Waals surface area contributed by atoms with Gasteiger partial charge in [-0.2, -0.15) is 5.11 Å². The van der Waals surface area contributed by atoms with E-state index in [2.05, 4.69) is 10.2 Å². The Morgan fingerprint density at radius 2 is 2.25 bits per heavy atom. The Morgan fingerprint density at radius 1 is 1.42 bits per heavy atom. The molecule has 0 bridgehead atoms. The van der Waals surface area contributed by atoms with Crippen LogP contribution in [0.5, 0.6) is 0 Å². The topological polar surface area (TPSA) is 68.1 Å². The van der Waals surface area contributed by atoms with Crippen molar-refractivity contribution in [2.45, 2.75) is 6.42 Å². The molecule has 2 heterocycles. The van der Waals surface area contributed by atoms with Crippen molar-refractivity contribution in [1.29, 1.82) is 0 Å². The quantitative estimate of drug-likeness (QED) is 0.494. The number of nitrogens with zero attached hydrogens (tertiary/aromatic N) is 2. The van der Waals surface area contributed by atoms with Crippen LogP contribution in [0.15, 0.2) is 33.8 Å². The van der Waals surface area contributed by atoms with E-state index in [0.29, 0.717) is 5.57 Å². The van der Waals surface area contributed by atoms with Gasteiger partial charge in [0.1, 0.15) is 0 Å². The lowest BCUT2D eigenvalue weighted by atomic mass is 10.1. The van der Waals surface area contributed by atoms with Gasteiger partial charge in [-0.15, -0.1) is 5.11 Å². The summed E-state index contributed by atoms with van der Waals surface area (Å²) in [6.45, 7) is 0. The van der Waals surface area contributed by atoms with Gasteiger partial charge in [0, 0.05) is 0 Å². The van der Waals surface area contributed by atoms with E-state index in [1.54, 1.807) is 0 Å². The van der Waals surface area contributed by atoms with Crippen molar-refractivity contribution in [2.75, 3.05) is 0 Å². The molecule has 0 atom stereocenters. The highest BCUT2D eigenvalue weighted by atomic mass is 16.5. The number of hydrogen-bond acceptors (Lipinski definition) is 4. The maximum Gasteiger partial charge on any atom is 0.315 e. The molecular weight excluding hydrogens is 160 g/mol. The normalized spacial score (nSPS) is 21.0. The maximum absolute atomic E-state index is 11.0. The first-order valence-corrected chi connectivity index (χ1v) is 3.34. The molecule has 0 N–H and O–H groups in total. The lowest BCUT2D eigenvalue weighted by Crippen LogP contribution is -2.16. The predicted molar refractivity (Wildman–Crippen MR) is 36.7 cm³/mol. The summed E-state index contributed by atoms with van der Waals surface area (Å²) in [4.78, 5) is 21.7. The van der Waals surface area contributed by atoms with Crippen LogP contribution in [0.25, 0.3) is 0 Å². The Hall–Kier alpha value is -1.78. The molecule has 5 nitrogen and oxygen atoms in total. The molecule has 1 amide bonds. The van der Waals surface area contributed by atoms with Gasteiger partial charge in [-0.25, -0.2) is 0 Å². The lowest BCUT2D eigenvalue weighted by molar-refractivity contribution is -0.139. The summed E-state index contributed by atoms with van der Waals surface area (Å²) in [6, 6.07) is 0. The summed E-state index contributed by atoms with van der Waals surface area (Å²) < 4.78 is 4.74. The third-order valence-corrected chi connectivity index (χ3v) is 1.52. The molecule has 2 aliphatic heterocycles. The van der Waals surface area contributed by atoms with Crippen molar-refractivity contribution in [3.05, 3.63) is 23.6 Å². The first-order valence-electron chi connectivity index (χ1n) is 3.34. The van der Waals surface area contributed by atoms with Gasteiger partial charge in [-0.05, 0) is 0 Å². The van der Waals surface area contributed by atoms with Crippen molar-refractivity contribution < 1.29 is 14.3 Å².